The fourth-order valence-corrected chi connectivity index (χ4v) is 1.47. The van der Waals surface area contributed by atoms with E-state index in [1.807, 2.05) is 0 Å². The van der Waals surface area contributed by atoms with Crippen molar-refractivity contribution >= 4 is 0 Å². The lowest BCUT2D eigenvalue weighted by Gasteiger charge is -2.04. The molecule has 1 N–H and O–H groups in total. The number of aromatic hydroxyl groups is 1. The van der Waals surface area contributed by atoms with Crippen LogP contribution in [0.4, 0.5) is 13.2 Å². The summed E-state index contributed by atoms with van der Waals surface area (Å²) < 4.78 is 38.5. The number of alkyl halides is 3. The molecule has 90 valence electrons. The van der Waals surface area contributed by atoms with Gasteiger partial charge in [0, 0.05) is 5.69 Å². The van der Waals surface area contributed by atoms with Crippen LogP contribution in [0.5, 0.6) is 5.75 Å². The molecule has 0 amide bonds. The first-order chi connectivity index (χ1) is 7.88. The third-order valence-corrected chi connectivity index (χ3v) is 2.27. The Labute approximate surface area is 95.1 Å². The van der Waals surface area contributed by atoms with Crippen LogP contribution < -0.4 is 0 Å². The summed E-state index contributed by atoms with van der Waals surface area (Å²) in [6.45, 7) is 1.54. The van der Waals surface area contributed by atoms with Crippen LogP contribution in [0.2, 0.25) is 0 Å². The molecule has 1 heterocycles. The molecule has 0 fully saturated rings. The van der Waals surface area contributed by atoms with Crippen molar-refractivity contribution in [2.75, 3.05) is 0 Å². The Bertz CT molecular complexity index is 529. The highest BCUT2D eigenvalue weighted by atomic mass is 19.4. The molecule has 0 spiro atoms. The fourth-order valence-electron chi connectivity index (χ4n) is 1.47. The zero-order valence-electron chi connectivity index (χ0n) is 8.86. The second-order valence-corrected chi connectivity index (χ2v) is 3.60. The second-order valence-electron chi connectivity index (χ2n) is 3.60. The predicted molar refractivity (Wildman–Crippen MR) is 55.0 cm³/mol. The third-order valence-electron chi connectivity index (χ3n) is 2.27. The highest BCUT2D eigenvalue weighted by Crippen LogP contribution is 2.29. The van der Waals surface area contributed by atoms with Gasteiger partial charge in [0.25, 0.3) is 0 Å². The number of phenols is 1. The van der Waals surface area contributed by atoms with Gasteiger partial charge in [-0.2, -0.15) is 18.3 Å². The van der Waals surface area contributed by atoms with Gasteiger partial charge in [-0.15, -0.1) is 0 Å². The number of halogens is 3. The number of aryl methyl sites for hydroxylation is 1. The zero-order chi connectivity index (χ0) is 12.6. The molecule has 0 aliphatic heterocycles. The molecule has 17 heavy (non-hydrogen) atoms. The Balaban J connectivity index is 2.46. The maximum atomic E-state index is 12.4. The van der Waals surface area contributed by atoms with E-state index < -0.39 is 11.9 Å². The van der Waals surface area contributed by atoms with Gasteiger partial charge in [0.05, 0.1) is 5.69 Å². The quantitative estimate of drug-likeness (QED) is 0.834. The van der Waals surface area contributed by atoms with Gasteiger partial charge < -0.3 is 5.11 Å². The summed E-state index contributed by atoms with van der Waals surface area (Å²) in [6, 6.07) is 6.76. The molecule has 0 aliphatic rings. The minimum Gasteiger partial charge on any atom is -0.508 e. The topological polar surface area (TPSA) is 38.0 Å². The largest absolute Gasteiger partial charge is 0.508 e. The summed E-state index contributed by atoms with van der Waals surface area (Å²) in [5.41, 5.74) is -0.0816. The van der Waals surface area contributed by atoms with E-state index in [-0.39, 0.29) is 5.75 Å². The zero-order valence-corrected chi connectivity index (χ0v) is 8.86. The number of nitrogens with zero attached hydrogens (tertiary/aromatic N) is 2. The Hall–Kier alpha value is -1.98. The van der Waals surface area contributed by atoms with Gasteiger partial charge >= 0.3 is 6.18 Å². The van der Waals surface area contributed by atoms with E-state index in [4.69, 9.17) is 5.11 Å². The van der Waals surface area contributed by atoms with E-state index >= 15 is 0 Å². The van der Waals surface area contributed by atoms with Gasteiger partial charge in [-0.3, -0.25) is 0 Å². The molecule has 0 atom stereocenters. The first kappa shape index (κ1) is 11.5. The first-order valence-electron chi connectivity index (χ1n) is 4.81. The molecule has 2 aromatic rings. The van der Waals surface area contributed by atoms with Crippen LogP contribution >= 0.6 is 0 Å². The molecule has 0 bridgehead atoms. The molecule has 3 nitrogen and oxygen atoms in total. The Morgan fingerprint density at radius 1 is 1.18 bits per heavy atom. The van der Waals surface area contributed by atoms with Crippen LogP contribution in [0.1, 0.15) is 11.4 Å². The van der Waals surface area contributed by atoms with E-state index in [9.17, 15) is 13.2 Å². The van der Waals surface area contributed by atoms with Gasteiger partial charge in [-0.1, -0.05) is 0 Å². The first-order valence-corrected chi connectivity index (χ1v) is 4.81. The Morgan fingerprint density at radius 2 is 1.76 bits per heavy atom. The lowest BCUT2D eigenvalue weighted by molar-refractivity contribution is -0.141. The molecule has 0 unspecified atom stereocenters. The molecule has 1 aromatic heterocycles. The lowest BCUT2D eigenvalue weighted by atomic mass is 10.3. The molecule has 2 rings (SSSR count). The minimum absolute atomic E-state index is 0.0506. The van der Waals surface area contributed by atoms with E-state index in [2.05, 4.69) is 5.10 Å². The van der Waals surface area contributed by atoms with Crippen LogP contribution in [0.25, 0.3) is 5.69 Å². The maximum absolute atomic E-state index is 12.4. The van der Waals surface area contributed by atoms with E-state index in [0.29, 0.717) is 11.4 Å². The molecular weight excluding hydrogens is 233 g/mol. The monoisotopic (exact) mass is 242 g/mol. The van der Waals surface area contributed by atoms with Crippen molar-refractivity contribution in [3.8, 4) is 11.4 Å². The Morgan fingerprint density at radius 3 is 2.24 bits per heavy atom. The van der Waals surface area contributed by atoms with Crippen molar-refractivity contribution in [1.82, 2.24) is 9.78 Å². The molecule has 0 saturated heterocycles. The average molecular weight is 242 g/mol. The van der Waals surface area contributed by atoms with Crippen molar-refractivity contribution in [2.24, 2.45) is 0 Å². The number of phenolic OH excluding ortho intramolecular Hbond substituents is 1. The second kappa shape index (κ2) is 3.80. The predicted octanol–water partition coefficient (Wildman–Crippen LogP) is 2.91. The van der Waals surface area contributed by atoms with Crippen molar-refractivity contribution in [2.45, 2.75) is 13.1 Å². The molecular formula is C11H9F3N2O. The van der Waals surface area contributed by atoms with Crippen LogP contribution in [0.3, 0.4) is 0 Å². The highest BCUT2D eigenvalue weighted by molar-refractivity contribution is 5.37. The van der Waals surface area contributed by atoms with Gasteiger partial charge in [-0.25, -0.2) is 4.68 Å². The molecule has 1 aromatic carbocycles. The SMILES string of the molecule is Cc1cc(C(F)(F)F)nn1-c1ccc(O)cc1. The van der Waals surface area contributed by atoms with Crippen LogP contribution in [0.15, 0.2) is 30.3 Å². The number of benzene rings is 1. The van der Waals surface area contributed by atoms with E-state index in [0.717, 1.165) is 6.07 Å². The fraction of sp³-hybridized carbons (Fsp3) is 0.182. The van der Waals surface area contributed by atoms with Crippen LogP contribution in [-0.4, -0.2) is 14.9 Å². The van der Waals surface area contributed by atoms with Gasteiger partial charge in [-0.05, 0) is 37.3 Å². The number of hydrogen-bond acceptors (Lipinski definition) is 2. The minimum atomic E-state index is -4.45. The third kappa shape index (κ3) is 2.25. The van der Waals surface area contributed by atoms with Crippen LogP contribution in [-0.2, 0) is 6.18 Å². The highest BCUT2D eigenvalue weighted by Gasteiger charge is 2.34. The van der Waals surface area contributed by atoms with Crippen molar-refractivity contribution in [3.63, 3.8) is 0 Å². The number of hydrogen-bond donors (Lipinski definition) is 1. The van der Waals surface area contributed by atoms with E-state index in [1.54, 1.807) is 0 Å². The average Bonchev–Trinajstić information content (AvgIpc) is 2.61. The van der Waals surface area contributed by atoms with Crippen molar-refractivity contribution in [3.05, 3.63) is 41.7 Å². The normalized spacial score (nSPS) is 11.8. The summed E-state index contributed by atoms with van der Waals surface area (Å²) in [5.74, 6) is 0.0506. The molecule has 0 saturated carbocycles. The summed E-state index contributed by atoms with van der Waals surface area (Å²) in [4.78, 5) is 0. The summed E-state index contributed by atoms with van der Waals surface area (Å²) in [6.07, 6.45) is -4.45. The van der Waals surface area contributed by atoms with Crippen molar-refractivity contribution < 1.29 is 18.3 Å². The summed E-state index contributed by atoms with van der Waals surface area (Å²) in [7, 11) is 0. The van der Waals surface area contributed by atoms with Gasteiger partial charge in [0.1, 0.15) is 5.75 Å². The van der Waals surface area contributed by atoms with Crippen LogP contribution in [0, 0.1) is 6.92 Å². The number of rotatable bonds is 1. The smallest absolute Gasteiger partial charge is 0.435 e. The lowest BCUT2D eigenvalue weighted by Crippen LogP contribution is -2.07. The summed E-state index contributed by atoms with van der Waals surface area (Å²) in [5, 5.41) is 12.6. The number of aromatic nitrogens is 2. The van der Waals surface area contributed by atoms with Gasteiger partial charge in [0.15, 0.2) is 5.69 Å². The molecule has 6 heteroatoms. The molecule has 0 aliphatic carbocycles. The molecule has 0 radical (unpaired) electrons. The standard InChI is InChI=1S/C11H9F3N2O/c1-7-6-10(11(12,13)14)15-16(7)8-2-4-9(17)5-3-8/h2-6,17H,1H3. The van der Waals surface area contributed by atoms with Crippen molar-refractivity contribution in [1.29, 1.82) is 0 Å². The summed E-state index contributed by atoms with van der Waals surface area (Å²) >= 11 is 0. The Kier molecular flexibility index (Phi) is 2.57. The van der Waals surface area contributed by atoms with E-state index in [1.165, 1.54) is 35.9 Å². The maximum Gasteiger partial charge on any atom is 0.435 e. The van der Waals surface area contributed by atoms with Gasteiger partial charge in [0.2, 0.25) is 0 Å².